The van der Waals surface area contributed by atoms with Gasteiger partial charge in [-0.05, 0) is 67.3 Å². The molecule has 1 heterocycles. The number of hydrogen-bond donors (Lipinski definition) is 1. The second kappa shape index (κ2) is 4.25. The molecule has 18 heavy (non-hydrogen) atoms. The third kappa shape index (κ3) is 1.82. The van der Waals surface area contributed by atoms with E-state index in [-0.39, 0.29) is 0 Å². The molecule has 0 atom stereocenters. The topological polar surface area (TPSA) is 20.2 Å². The van der Waals surface area contributed by atoms with Gasteiger partial charge in [0, 0.05) is 15.4 Å². The van der Waals surface area contributed by atoms with E-state index in [2.05, 4.69) is 32.0 Å². The zero-order valence-corrected chi connectivity index (χ0v) is 12.2. The van der Waals surface area contributed by atoms with Gasteiger partial charge in [-0.25, -0.2) is 0 Å². The second-order valence-corrected chi connectivity index (χ2v) is 6.95. The van der Waals surface area contributed by atoms with Gasteiger partial charge >= 0.3 is 0 Å². The maximum absolute atomic E-state index is 9.91. The molecular formula is C15H14OS2. The predicted molar refractivity (Wildman–Crippen MR) is 79.5 cm³/mol. The molecular weight excluding hydrogens is 260 g/mol. The summed E-state index contributed by atoms with van der Waals surface area (Å²) in [5.41, 5.74) is 5.95. The fraction of sp³-hybridized carbons (Fsp3) is 0.200. The van der Waals surface area contributed by atoms with Crippen LogP contribution in [0.15, 0.2) is 34.1 Å². The van der Waals surface area contributed by atoms with E-state index in [1.54, 1.807) is 21.6 Å². The minimum Gasteiger partial charge on any atom is -0.508 e. The summed E-state index contributed by atoms with van der Waals surface area (Å²) in [5.74, 6) is 0.380. The van der Waals surface area contributed by atoms with Crippen molar-refractivity contribution in [2.45, 2.75) is 30.6 Å². The van der Waals surface area contributed by atoms with Gasteiger partial charge in [0.2, 0.25) is 0 Å². The van der Waals surface area contributed by atoms with Gasteiger partial charge in [-0.15, -0.1) is 0 Å². The van der Waals surface area contributed by atoms with Gasteiger partial charge in [0.25, 0.3) is 0 Å². The molecule has 2 aromatic carbocycles. The second-order valence-electron chi connectivity index (χ2n) is 4.73. The molecule has 1 N–H and O–H groups in total. The molecule has 0 aromatic heterocycles. The number of hydrogen-bond acceptors (Lipinski definition) is 3. The largest absolute Gasteiger partial charge is 0.508 e. The Bertz CT molecular complexity index is 590. The number of fused-ring (bicyclic) bond motifs is 3. The maximum Gasteiger partial charge on any atom is 0.119 e. The summed E-state index contributed by atoms with van der Waals surface area (Å²) >= 11 is 0. The summed E-state index contributed by atoms with van der Waals surface area (Å²) in [6.45, 7) is 6.22. The van der Waals surface area contributed by atoms with Crippen molar-refractivity contribution in [1.82, 2.24) is 0 Å². The van der Waals surface area contributed by atoms with Crippen LogP contribution < -0.4 is 0 Å². The Morgan fingerprint density at radius 1 is 0.722 bits per heavy atom. The van der Waals surface area contributed by atoms with Gasteiger partial charge in [-0.2, -0.15) is 0 Å². The van der Waals surface area contributed by atoms with E-state index in [0.29, 0.717) is 5.75 Å². The number of aromatic hydroxyl groups is 1. The van der Waals surface area contributed by atoms with Crippen molar-refractivity contribution < 1.29 is 5.11 Å². The van der Waals surface area contributed by atoms with Crippen molar-refractivity contribution in [3.8, 4) is 16.9 Å². The summed E-state index contributed by atoms with van der Waals surface area (Å²) in [4.78, 5) is 2.53. The van der Waals surface area contributed by atoms with Crippen LogP contribution in [0.3, 0.4) is 0 Å². The van der Waals surface area contributed by atoms with E-state index < -0.39 is 0 Å². The first kappa shape index (κ1) is 12.0. The van der Waals surface area contributed by atoms with E-state index in [1.165, 1.54) is 26.5 Å². The Morgan fingerprint density at radius 2 is 1.22 bits per heavy atom. The van der Waals surface area contributed by atoms with Crippen molar-refractivity contribution in [3.05, 3.63) is 41.0 Å². The highest BCUT2D eigenvalue weighted by Crippen LogP contribution is 2.52. The van der Waals surface area contributed by atoms with E-state index in [4.69, 9.17) is 0 Å². The van der Waals surface area contributed by atoms with Crippen LogP contribution in [0, 0.1) is 20.8 Å². The summed E-state index contributed by atoms with van der Waals surface area (Å²) in [7, 11) is 3.58. The first-order valence-electron chi connectivity index (χ1n) is 5.86. The first-order chi connectivity index (χ1) is 8.56. The third-order valence-corrected chi connectivity index (χ3v) is 5.85. The number of phenols is 1. The first-order valence-corrected chi connectivity index (χ1v) is 8.01. The van der Waals surface area contributed by atoms with E-state index >= 15 is 0 Å². The highest BCUT2D eigenvalue weighted by Gasteiger charge is 2.19. The molecule has 0 aliphatic carbocycles. The molecule has 0 saturated carbocycles. The number of rotatable bonds is 0. The van der Waals surface area contributed by atoms with Crippen molar-refractivity contribution in [2.75, 3.05) is 0 Å². The third-order valence-electron chi connectivity index (χ3n) is 3.41. The van der Waals surface area contributed by atoms with Crippen LogP contribution in [-0.2, 0) is 0 Å². The summed E-state index contributed by atoms with van der Waals surface area (Å²) in [6, 6.07) is 8.43. The van der Waals surface area contributed by atoms with Crippen molar-refractivity contribution in [2.24, 2.45) is 0 Å². The zero-order valence-electron chi connectivity index (χ0n) is 10.6. The molecule has 0 amide bonds. The normalized spacial score (nSPS) is 13.1. The van der Waals surface area contributed by atoms with Crippen molar-refractivity contribution in [3.63, 3.8) is 0 Å². The van der Waals surface area contributed by atoms with E-state index in [0.717, 1.165) is 11.1 Å². The molecule has 92 valence electrons. The Hall–Kier alpha value is -1.06. The molecule has 1 nitrogen and oxygen atoms in total. The number of aryl methyl sites for hydroxylation is 3. The summed E-state index contributed by atoms with van der Waals surface area (Å²) in [5, 5.41) is 9.91. The highest BCUT2D eigenvalue weighted by molar-refractivity contribution is 8.76. The van der Waals surface area contributed by atoms with Crippen LogP contribution in [0.5, 0.6) is 5.75 Å². The zero-order chi connectivity index (χ0) is 12.9. The lowest BCUT2D eigenvalue weighted by Gasteiger charge is -2.21. The fourth-order valence-electron chi connectivity index (χ4n) is 2.11. The average molecular weight is 274 g/mol. The van der Waals surface area contributed by atoms with E-state index in [9.17, 15) is 5.11 Å². The molecule has 0 bridgehead atoms. The Labute approximate surface area is 115 Å². The van der Waals surface area contributed by atoms with Crippen molar-refractivity contribution >= 4 is 21.6 Å². The van der Waals surface area contributed by atoms with Crippen LogP contribution in [0.4, 0.5) is 0 Å². The molecule has 3 heteroatoms. The SMILES string of the molecule is Cc1cc2c(cc1C)-c1cc(O)c(C)cc1SS2. The van der Waals surface area contributed by atoms with Gasteiger partial charge in [-0.1, -0.05) is 21.6 Å². The molecule has 0 unspecified atom stereocenters. The minimum absolute atomic E-state index is 0.380. The monoisotopic (exact) mass is 274 g/mol. The lowest BCUT2D eigenvalue weighted by Crippen LogP contribution is -1.93. The Balaban J connectivity index is 2.28. The number of benzene rings is 2. The quantitative estimate of drug-likeness (QED) is 0.675. The molecule has 0 fully saturated rings. The molecule has 0 spiro atoms. The average Bonchev–Trinajstić information content (AvgIpc) is 2.33. The van der Waals surface area contributed by atoms with Gasteiger partial charge in [0.15, 0.2) is 0 Å². The number of phenolic OH excluding ortho intramolecular Hbond substituents is 1. The molecule has 2 aromatic rings. The molecule has 1 aliphatic heterocycles. The summed E-state index contributed by atoms with van der Waals surface area (Å²) < 4.78 is 0. The van der Waals surface area contributed by atoms with Gasteiger partial charge in [0.1, 0.15) is 5.75 Å². The fourth-order valence-corrected chi connectivity index (χ4v) is 4.62. The maximum atomic E-state index is 9.91. The lowest BCUT2D eigenvalue weighted by atomic mass is 9.99. The van der Waals surface area contributed by atoms with Crippen LogP contribution in [0.25, 0.3) is 11.1 Å². The molecule has 0 saturated heterocycles. The molecule has 3 rings (SSSR count). The van der Waals surface area contributed by atoms with Gasteiger partial charge in [0.05, 0.1) is 0 Å². The minimum atomic E-state index is 0.380. The molecule has 1 aliphatic rings. The lowest BCUT2D eigenvalue weighted by molar-refractivity contribution is 0.471. The smallest absolute Gasteiger partial charge is 0.119 e. The van der Waals surface area contributed by atoms with Crippen LogP contribution in [0.1, 0.15) is 16.7 Å². The van der Waals surface area contributed by atoms with E-state index in [1.807, 2.05) is 13.0 Å². The van der Waals surface area contributed by atoms with Gasteiger partial charge in [-0.3, -0.25) is 0 Å². The predicted octanol–water partition coefficient (Wildman–Crippen LogP) is 5.10. The molecule has 0 radical (unpaired) electrons. The summed E-state index contributed by atoms with van der Waals surface area (Å²) in [6.07, 6.45) is 0. The van der Waals surface area contributed by atoms with Crippen molar-refractivity contribution in [1.29, 1.82) is 0 Å². The standard InChI is InChI=1S/C15H14OS2/c1-8-4-11-12-7-13(16)10(3)6-15(12)18-17-14(11)5-9(8)2/h4-7,16H,1-3H3. The van der Waals surface area contributed by atoms with Crippen LogP contribution >= 0.6 is 21.6 Å². The Kier molecular flexibility index (Phi) is 2.83. The highest BCUT2D eigenvalue weighted by atomic mass is 33.1. The Morgan fingerprint density at radius 3 is 1.89 bits per heavy atom. The van der Waals surface area contributed by atoms with Gasteiger partial charge < -0.3 is 5.11 Å². The van der Waals surface area contributed by atoms with Crippen LogP contribution in [-0.4, -0.2) is 5.11 Å². The van der Waals surface area contributed by atoms with Crippen LogP contribution in [0.2, 0.25) is 0 Å².